The standard InChI is InChI=1S/C22H19FN6O4/c1-31-16-6-3-12(7-18(16)33-11-19(25)30)20-22(29-21(28-20)13(9-24)10-26-29)27-14-4-5-15(23)17(8-14)32-2/h3-8,10,27-28H,11H2,1-2H3,(H2,25,30). The van der Waals surface area contributed by atoms with Crippen LogP contribution < -0.4 is 25.3 Å². The van der Waals surface area contributed by atoms with Crippen molar-refractivity contribution in [3.8, 4) is 34.6 Å². The number of carbonyl (C=O) groups excluding carboxylic acids is 1. The summed E-state index contributed by atoms with van der Waals surface area (Å²) in [5.74, 6) is 0.124. The molecule has 0 saturated carbocycles. The minimum Gasteiger partial charge on any atom is -0.494 e. The summed E-state index contributed by atoms with van der Waals surface area (Å²) in [6, 6.07) is 11.5. The van der Waals surface area contributed by atoms with E-state index < -0.39 is 11.7 Å². The lowest BCUT2D eigenvalue weighted by Gasteiger charge is -2.13. The number of H-pyrrole nitrogens is 1. The molecule has 0 aliphatic carbocycles. The van der Waals surface area contributed by atoms with Gasteiger partial charge in [-0.05, 0) is 30.3 Å². The van der Waals surface area contributed by atoms with Crippen LogP contribution in [0, 0.1) is 17.1 Å². The van der Waals surface area contributed by atoms with Gasteiger partial charge in [-0.15, -0.1) is 0 Å². The number of imidazole rings is 1. The van der Waals surface area contributed by atoms with Crippen LogP contribution in [-0.4, -0.2) is 41.3 Å². The third kappa shape index (κ3) is 4.09. The number of rotatable bonds is 8. The SMILES string of the molecule is COc1cc(Nc2c(-c3ccc(OC)c(OCC(N)=O)c3)[nH]c3c(C#N)cnn23)ccc1F. The molecule has 2 heterocycles. The van der Waals surface area contributed by atoms with Gasteiger partial charge in [0.15, 0.2) is 41.1 Å². The Labute approximate surface area is 187 Å². The Bertz CT molecular complexity index is 1390. The number of nitrogens with zero attached hydrogens (tertiary/aromatic N) is 3. The highest BCUT2D eigenvalue weighted by Gasteiger charge is 2.20. The Hall–Kier alpha value is -4.72. The highest BCUT2D eigenvalue weighted by atomic mass is 19.1. The number of primary amides is 1. The summed E-state index contributed by atoms with van der Waals surface area (Å²) in [5, 5.41) is 16.9. The lowest BCUT2D eigenvalue weighted by molar-refractivity contribution is -0.119. The molecule has 0 aliphatic rings. The molecule has 4 N–H and O–H groups in total. The van der Waals surface area contributed by atoms with Crippen LogP contribution in [0.2, 0.25) is 0 Å². The van der Waals surface area contributed by atoms with Crippen molar-refractivity contribution >= 4 is 23.1 Å². The Morgan fingerprint density at radius 3 is 2.70 bits per heavy atom. The van der Waals surface area contributed by atoms with Gasteiger partial charge in [0.25, 0.3) is 5.91 Å². The maximum atomic E-state index is 13.9. The number of anilines is 2. The quantitative estimate of drug-likeness (QED) is 0.375. The van der Waals surface area contributed by atoms with E-state index in [9.17, 15) is 14.4 Å². The van der Waals surface area contributed by atoms with Crippen molar-refractivity contribution in [3.63, 3.8) is 0 Å². The summed E-state index contributed by atoms with van der Waals surface area (Å²) in [4.78, 5) is 14.4. The molecule has 2 aromatic carbocycles. The maximum Gasteiger partial charge on any atom is 0.255 e. The van der Waals surface area contributed by atoms with Gasteiger partial charge < -0.3 is 30.2 Å². The van der Waals surface area contributed by atoms with Gasteiger partial charge in [-0.25, -0.2) is 4.39 Å². The maximum absolute atomic E-state index is 13.9. The number of halogens is 1. The third-order valence-corrected chi connectivity index (χ3v) is 4.82. The van der Waals surface area contributed by atoms with E-state index in [0.29, 0.717) is 45.5 Å². The van der Waals surface area contributed by atoms with Crippen molar-refractivity contribution in [1.29, 1.82) is 5.26 Å². The van der Waals surface area contributed by atoms with E-state index in [4.69, 9.17) is 19.9 Å². The number of nitrogens with one attached hydrogen (secondary N) is 2. The zero-order chi connectivity index (χ0) is 23.5. The Kier molecular flexibility index (Phi) is 5.73. The molecule has 11 heteroatoms. The Morgan fingerprint density at radius 1 is 1.21 bits per heavy atom. The average Bonchev–Trinajstić information content (AvgIpc) is 3.38. The Balaban J connectivity index is 1.84. The largest absolute Gasteiger partial charge is 0.494 e. The van der Waals surface area contributed by atoms with E-state index in [2.05, 4.69) is 21.5 Å². The van der Waals surface area contributed by atoms with E-state index in [1.54, 1.807) is 24.3 Å². The lowest BCUT2D eigenvalue weighted by Crippen LogP contribution is -2.20. The third-order valence-electron chi connectivity index (χ3n) is 4.82. The predicted octanol–water partition coefficient (Wildman–Crippen LogP) is 2.97. The molecule has 10 nitrogen and oxygen atoms in total. The molecular weight excluding hydrogens is 431 g/mol. The number of aromatic nitrogens is 3. The topological polar surface area (TPSA) is 140 Å². The fourth-order valence-corrected chi connectivity index (χ4v) is 3.30. The second-order valence-corrected chi connectivity index (χ2v) is 6.87. The zero-order valence-electron chi connectivity index (χ0n) is 17.7. The molecule has 0 spiro atoms. The zero-order valence-corrected chi connectivity index (χ0v) is 17.7. The van der Waals surface area contributed by atoms with Crippen LogP contribution in [0.3, 0.4) is 0 Å². The monoisotopic (exact) mass is 450 g/mol. The van der Waals surface area contributed by atoms with Crippen molar-refractivity contribution in [2.24, 2.45) is 5.73 Å². The number of aromatic amines is 1. The number of nitriles is 1. The van der Waals surface area contributed by atoms with Gasteiger partial charge in [0.1, 0.15) is 11.6 Å². The van der Waals surface area contributed by atoms with Gasteiger partial charge in [-0.2, -0.15) is 14.9 Å². The van der Waals surface area contributed by atoms with Crippen LogP contribution in [0.4, 0.5) is 15.9 Å². The summed E-state index contributed by atoms with van der Waals surface area (Å²) in [6.45, 7) is -0.326. The average molecular weight is 450 g/mol. The highest BCUT2D eigenvalue weighted by molar-refractivity contribution is 5.82. The van der Waals surface area contributed by atoms with Crippen LogP contribution in [0.1, 0.15) is 5.56 Å². The molecule has 33 heavy (non-hydrogen) atoms. The smallest absolute Gasteiger partial charge is 0.255 e. The van der Waals surface area contributed by atoms with Crippen LogP contribution in [0.5, 0.6) is 17.2 Å². The van der Waals surface area contributed by atoms with Crippen molar-refractivity contribution in [1.82, 2.24) is 14.6 Å². The lowest BCUT2D eigenvalue weighted by atomic mass is 10.1. The normalized spacial score (nSPS) is 10.6. The molecule has 0 radical (unpaired) electrons. The number of hydrogen-bond donors (Lipinski definition) is 3. The summed E-state index contributed by atoms with van der Waals surface area (Å²) in [5.41, 5.74) is 7.72. The van der Waals surface area contributed by atoms with Crippen LogP contribution >= 0.6 is 0 Å². The van der Waals surface area contributed by atoms with Crippen LogP contribution in [-0.2, 0) is 4.79 Å². The number of hydrogen-bond acceptors (Lipinski definition) is 7. The molecule has 168 valence electrons. The first-order valence-corrected chi connectivity index (χ1v) is 9.65. The molecule has 1 amide bonds. The van der Waals surface area contributed by atoms with E-state index >= 15 is 0 Å². The number of amides is 1. The van der Waals surface area contributed by atoms with Crippen LogP contribution in [0.15, 0.2) is 42.6 Å². The molecule has 4 rings (SSSR count). The number of ether oxygens (including phenoxy) is 3. The fourth-order valence-electron chi connectivity index (χ4n) is 3.30. The first-order valence-electron chi connectivity index (χ1n) is 9.65. The van der Waals surface area contributed by atoms with E-state index in [0.717, 1.165) is 0 Å². The van der Waals surface area contributed by atoms with E-state index in [-0.39, 0.29) is 12.4 Å². The number of methoxy groups -OCH3 is 2. The molecular formula is C22H19FN6O4. The van der Waals surface area contributed by atoms with Gasteiger partial charge in [-0.3, -0.25) is 4.79 Å². The molecule has 2 aromatic heterocycles. The second-order valence-electron chi connectivity index (χ2n) is 6.87. The minimum absolute atomic E-state index is 0.0677. The summed E-state index contributed by atoms with van der Waals surface area (Å²) in [6.07, 6.45) is 1.43. The molecule has 4 aromatic rings. The van der Waals surface area contributed by atoms with Crippen molar-refractivity contribution in [2.45, 2.75) is 0 Å². The number of nitrogens with two attached hydrogens (primary N) is 1. The van der Waals surface area contributed by atoms with Crippen LogP contribution in [0.25, 0.3) is 16.9 Å². The molecule has 0 fully saturated rings. The number of benzene rings is 2. The van der Waals surface area contributed by atoms with Gasteiger partial charge in [-0.1, -0.05) is 0 Å². The predicted molar refractivity (Wildman–Crippen MR) is 117 cm³/mol. The fraction of sp³-hybridized carbons (Fsp3) is 0.136. The molecule has 0 atom stereocenters. The van der Waals surface area contributed by atoms with Crippen molar-refractivity contribution < 1.29 is 23.4 Å². The first kappa shape index (κ1) is 21.5. The Morgan fingerprint density at radius 2 is 2.00 bits per heavy atom. The number of carbonyl (C=O) groups is 1. The highest BCUT2D eigenvalue weighted by Crippen LogP contribution is 2.37. The van der Waals surface area contributed by atoms with Gasteiger partial charge in [0.2, 0.25) is 0 Å². The van der Waals surface area contributed by atoms with E-state index in [1.165, 1.54) is 37.1 Å². The van der Waals surface area contributed by atoms with Gasteiger partial charge >= 0.3 is 0 Å². The van der Waals surface area contributed by atoms with Gasteiger partial charge in [0, 0.05) is 17.3 Å². The molecule has 0 bridgehead atoms. The summed E-state index contributed by atoms with van der Waals surface area (Å²) in [7, 11) is 2.85. The molecule has 0 aliphatic heterocycles. The van der Waals surface area contributed by atoms with Gasteiger partial charge in [0.05, 0.1) is 26.1 Å². The summed E-state index contributed by atoms with van der Waals surface area (Å²) >= 11 is 0. The van der Waals surface area contributed by atoms with Crippen molar-refractivity contribution in [3.05, 3.63) is 54.0 Å². The molecule has 0 unspecified atom stereocenters. The minimum atomic E-state index is -0.632. The van der Waals surface area contributed by atoms with E-state index in [1.807, 2.05) is 0 Å². The molecule has 0 saturated heterocycles. The van der Waals surface area contributed by atoms with Crippen molar-refractivity contribution in [2.75, 3.05) is 26.1 Å². The first-order chi connectivity index (χ1) is 15.9. The summed E-state index contributed by atoms with van der Waals surface area (Å²) < 4.78 is 31.2. The number of fused-ring (bicyclic) bond motifs is 1. The second kappa shape index (κ2) is 8.80.